The first-order chi connectivity index (χ1) is 9.62. The van der Waals surface area contributed by atoms with Gasteiger partial charge in [0.25, 0.3) is 0 Å². The molecule has 0 saturated heterocycles. The Labute approximate surface area is 95.0 Å². The molecule has 0 amide bonds. The minimum Gasteiger partial charge on any atom is -0.356 e. The summed E-state index contributed by atoms with van der Waals surface area (Å²) in [5, 5.41) is 0. The van der Waals surface area contributed by atoms with Crippen LogP contribution in [0.1, 0.15) is 27.4 Å². The minimum atomic E-state index is -3.33. The summed E-state index contributed by atoms with van der Waals surface area (Å²) >= 11 is 2.97. The molecule has 0 unspecified atom stereocenters. The van der Waals surface area contributed by atoms with E-state index in [1.54, 1.807) is 0 Å². The number of hydrogen-bond acceptors (Lipinski definition) is 3. The maximum atomic E-state index is 7.72. The van der Waals surface area contributed by atoms with E-state index in [9.17, 15) is 0 Å². The molecule has 0 fully saturated rings. The van der Waals surface area contributed by atoms with Gasteiger partial charge in [-0.05, 0) is 29.6 Å². The highest BCUT2D eigenvalue weighted by Crippen LogP contribution is 2.10. The predicted octanol–water partition coefficient (Wildman–Crippen LogP) is 2.09. The molecule has 0 radical (unpaired) electrons. The molecule has 0 saturated carbocycles. The molecule has 0 aliphatic carbocycles. The van der Waals surface area contributed by atoms with Crippen LogP contribution in [-0.2, 0) is 0 Å². The normalized spacial score (nSPS) is 26.8. The van der Waals surface area contributed by atoms with Crippen LogP contribution in [0.5, 0.6) is 0 Å². The van der Waals surface area contributed by atoms with Gasteiger partial charge < -0.3 is 4.90 Å². The second kappa shape index (κ2) is 4.40. The van der Waals surface area contributed by atoms with Crippen LogP contribution in [0, 0.1) is 0 Å². The van der Waals surface area contributed by atoms with E-state index < -0.39 is 32.5 Å². The number of nitrogens with zero attached hydrogens (tertiary/aromatic N) is 3. The molecule has 1 aromatic rings. The van der Waals surface area contributed by atoms with Crippen molar-refractivity contribution in [2.24, 2.45) is 0 Å². The van der Waals surface area contributed by atoms with Crippen molar-refractivity contribution < 1.29 is 13.7 Å². The fraction of sp³-hybridized carbons (Fsp3) is 0.500. The predicted molar refractivity (Wildman–Crippen MR) is 53.3 cm³/mol. The average Bonchev–Trinajstić information content (AvgIpc) is 2.28. The van der Waals surface area contributed by atoms with E-state index in [0.717, 1.165) is 12.4 Å². The quantitative estimate of drug-likeness (QED) is 0.810. The topological polar surface area (TPSA) is 29.0 Å². The van der Waals surface area contributed by atoms with Gasteiger partial charge in [-0.25, -0.2) is 9.97 Å². The van der Waals surface area contributed by atoms with Crippen molar-refractivity contribution >= 4 is 21.7 Å². The lowest BCUT2D eigenvalue weighted by atomic mass is 10.5. The van der Waals surface area contributed by atoms with Gasteiger partial charge in [0.15, 0.2) is 0 Å². The number of hydrogen-bond donors (Lipinski definition) is 0. The minimum absolute atomic E-state index is 0.0144. The first-order valence-electron chi connectivity index (χ1n) is 7.90. The lowest BCUT2D eigenvalue weighted by molar-refractivity contribution is 0.839. The third-order valence-electron chi connectivity index (χ3n) is 1.06. The van der Waals surface area contributed by atoms with Gasteiger partial charge in [0.2, 0.25) is 0 Å². The molecule has 0 N–H and O–H groups in total. The molecule has 1 aromatic heterocycles. The van der Waals surface area contributed by atoms with Gasteiger partial charge in [0.1, 0.15) is 10.4 Å². The fourth-order valence-corrected chi connectivity index (χ4v) is 0.768. The van der Waals surface area contributed by atoms with E-state index in [1.807, 2.05) is 0 Å². The first-order valence-corrected chi connectivity index (χ1v) is 3.69. The molecule has 0 bridgehead atoms. The number of anilines is 1. The van der Waals surface area contributed by atoms with Gasteiger partial charge in [-0.2, -0.15) is 0 Å². The zero-order chi connectivity index (χ0) is 17.6. The van der Waals surface area contributed by atoms with Crippen LogP contribution in [0.25, 0.3) is 0 Å². The summed E-state index contributed by atoms with van der Waals surface area (Å²) in [7, 11) is 0. The second-order valence-electron chi connectivity index (χ2n) is 1.76. The summed E-state index contributed by atoms with van der Waals surface area (Å²) in [6.45, 7) is -13.3. The molecule has 0 spiro atoms. The van der Waals surface area contributed by atoms with Crippen molar-refractivity contribution in [2.75, 3.05) is 17.9 Å². The maximum Gasteiger partial charge on any atom is 0.147 e. The Morgan fingerprint density at radius 3 is 2.75 bits per heavy atom. The molecule has 4 heteroatoms. The van der Waals surface area contributed by atoms with Crippen LogP contribution in [-0.4, -0.2) is 23.0 Å². The summed E-state index contributed by atoms with van der Waals surface area (Å²) in [5.41, 5.74) is 0. The summed E-state index contributed by atoms with van der Waals surface area (Å²) in [6, 6.07) is 0. The molecule has 12 heavy (non-hydrogen) atoms. The standard InChI is InChI=1S/C8H12BrN3/c1-3-12(4-2)8-6-10-7(9)5-11-8/h5-6H,3-4H2,1-2H3/i1D3,2D3,3D2,4D2. The maximum absolute atomic E-state index is 7.72. The molecular formula is C8H12BrN3. The van der Waals surface area contributed by atoms with E-state index in [2.05, 4.69) is 25.9 Å². The van der Waals surface area contributed by atoms with Crippen LogP contribution in [0.4, 0.5) is 5.82 Å². The molecule has 0 atom stereocenters. The van der Waals surface area contributed by atoms with E-state index in [0.29, 0.717) is 0 Å². The van der Waals surface area contributed by atoms with Crippen molar-refractivity contribution in [3.63, 3.8) is 0 Å². The first kappa shape index (κ1) is 2.67. The Morgan fingerprint density at radius 1 is 1.50 bits per heavy atom. The molecule has 3 nitrogen and oxygen atoms in total. The summed E-state index contributed by atoms with van der Waals surface area (Å²) in [6.07, 6.45) is 1.96. The Balaban J connectivity index is 3.57. The van der Waals surface area contributed by atoms with Crippen molar-refractivity contribution in [3.8, 4) is 0 Å². The zero-order valence-corrected chi connectivity index (χ0v) is 7.46. The molecule has 0 aromatic carbocycles. The highest BCUT2D eigenvalue weighted by Gasteiger charge is 2.01. The van der Waals surface area contributed by atoms with E-state index in [4.69, 9.17) is 13.7 Å². The Morgan fingerprint density at radius 2 is 2.25 bits per heavy atom. The highest BCUT2D eigenvalue weighted by molar-refractivity contribution is 9.10. The van der Waals surface area contributed by atoms with Gasteiger partial charge >= 0.3 is 0 Å². The lowest BCUT2D eigenvalue weighted by Gasteiger charge is -2.18. The van der Waals surface area contributed by atoms with Crippen LogP contribution in [0.2, 0.25) is 0 Å². The third kappa shape index (κ3) is 2.17. The molecule has 66 valence electrons. The molecule has 0 aliphatic rings. The third-order valence-corrected chi connectivity index (χ3v) is 1.47. The van der Waals surface area contributed by atoms with Crippen molar-refractivity contribution in [1.29, 1.82) is 0 Å². The molecular weight excluding hydrogens is 218 g/mol. The van der Waals surface area contributed by atoms with Gasteiger partial charge in [0, 0.05) is 26.7 Å². The van der Waals surface area contributed by atoms with Crippen molar-refractivity contribution in [1.82, 2.24) is 9.97 Å². The van der Waals surface area contributed by atoms with Crippen LogP contribution in [0.15, 0.2) is 17.0 Å². The monoisotopic (exact) mass is 239 g/mol. The summed E-state index contributed by atoms with van der Waals surface area (Å²) in [4.78, 5) is 7.36. The lowest BCUT2D eigenvalue weighted by Crippen LogP contribution is -2.22. The Hall–Kier alpha value is -0.640. The van der Waals surface area contributed by atoms with Gasteiger partial charge in [-0.1, -0.05) is 0 Å². The number of halogens is 1. The largest absolute Gasteiger partial charge is 0.356 e. The van der Waals surface area contributed by atoms with Gasteiger partial charge in [0.05, 0.1) is 12.4 Å². The van der Waals surface area contributed by atoms with Crippen LogP contribution >= 0.6 is 15.9 Å². The molecule has 1 rings (SSSR count). The fourth-order valence-electron chi connectivity index (χ4n) is 0.563. The zero-order valence-electron chi connectivity index (χ0n) is 15.9. The Bertz CT molecular complexity index is 496. The van der Waals surface area contributed by atoms with Crippen LogP contribution < -0.4 is 4.90 Å². The van der Waals surface area contributed by atoms with E-state index in [-0.39, 0.29) is 9.50 Å². The smallest absolute Gasteiger partial charge is 0.147 e. The van der Waals surface area contributed by atoms with E-state index in [1.165, 1.54) is 0 Å². The van der Waals surface area contributed by atoms with Crippen LogP contribution in [0.3, 0.4) is 0 Å². The SMILES string of the molecule is [2H]C([2H])([2H])C([2H])([2H])N(c1cnc(Br)cn1)C([2H])([2H])C([2H])([2H])[2H]. The van der Waals surface area contributed by atoms with Gasteiger partial charge in [-0.3, -0.25) is 0 Å². The summed E-state index contributed by atoms with van der Waals surface area (Å²) in [5.74, 6) is -0.551. The number of rotatable bonds is 3. The van der Waals surface area contributed by atoms with E-state index >= 15 is 0 Å². The molecule has 1 heterocycles. The van der Waals surface area contributed by atoms with Crippen molar-refractivity contribution in [3.05, 3.63) is 17.0 Å². The van der Waals surface area contributed by atoms with Crippen molar-refractivity contribution in [2.45, 2.75) is 13.7 Å². The molecule has 0 aliphatic heterocycles. The summed E-state index contributed by atoms with van der Waals surface area (Å²) < 4.78 is 74.6. The average molecular weight is 240 g/mol. The Kier molecular flexibility index (Phi) is 0.980. The van der Waals surface area contributed by atoms with Gasteiger partial charge in [-0.15, -0.1) is 0 Å². The second-order valence-corrected chi connectivity index (χ2v) is 2.57. The highest BCUT2D eigenvalue weighted by atomic mass is 79.9. The number of aromatic nitrogens is 2.